The number of hydrogen-bond donors (Lipinski definition) is 4. The van der Waals surface area contributed by atoms with Crippen LogP contribution in [0, 0.1) is 5.41 Å². The fourth-order valence-electron chi connectivity index (χ4n) is 3.40. The summed E-state index contributed by atoms with van der Waals surface area (Å²) in [5.41, 5.74) is 6.38. The number of phenolic OH excluding ortho intramolecular Hbond substituents is 1. The lowest BCUT2D eigenvalue weighted by Gasteiger charge is -2.15. The van der Waals surface area contributed by atoms with Crippen molar-refractivity contribution >= 4 is 31.7 Å². The van der Waals surface area contributed by atoms with E-state index in [1.807, 2.05) is 0 Å². The number of rotatable bonds is 11. The van der Waals surface area contributed by atoms with Crippen LogP contribution < -0.4 is 15.3 Å². The number of phenols is 1. The Morgan fingerprint density at radius 1 is 1.03 bits per heavy atom. The van der Waals surface area contributed by atoms with Crippen LogP contribution in [0.15, 0.2) is 76.5 Å². The average molecular weight is 548 g/mol. The zero-order valence-electron chi connectivity index (χ0n) is 19.7. The molecular formula is C24H25N3O8S2. The summed E-state index contributed by atoms with van der Waals surface area (Å²) >= 11 is 0. The zero-order chi connectivity index (χ0) is 27.2. The van der Waals surface area contributed by atoms with Crippen LogP contribution in [0.3, 0.4) is 0 Å². The van der Waals surface area contributed by atoms with Gasteiger partial charge in [0.2, 0.25) is 10.0 Å². The highest BCUT2D eigenvalue weighted by Crippen LogP contribution is 2.36. The molecule has 3 rings (SSSR count). The molecule has 0 aromatic heterocycles. The smallest absolute Gasteiger partial charge is 0.352 e. The van der Waals surface area contributed by atoms with Crippen molar-refractivity contribution in [1.29, 1.82) is 5.41 Å². The third kappa shape index (κ3) is 6.84. The molecule has 0 aliphatic rings. The summed E-state index contributed by atoms with van der Waals surface area (Å²) in [6.07, 6.45) is -0.134. The van der Waals surface area contributed by atoms with Gasteiger partial charge in [-0.1, -0.05) is 42.5 Å². The minimum atomic E-state index is -4.24. The van der Waals surface area contributed by atoms with Gasteiger partial charge in [-0.3, -0.25) is 15.2 Å². The molecule has 0 bridgehead atoms. The Balaban J connectivity index is 1.83. The monoisotopic (exact) mass is 547 g/mol. The molecule has 5 N–H and O–H groups in total. The first-order chi connectivity index (χ1) is 17.4. The molecule has 0 fully saturated rings. The molecule has 0 unspecified atom stereocenters. The number of amidine groups is 1. The van der Waals surface area contributed by atoms with E-state index < -0.39 is 42.2 Å². The number of aromatic hydroxyl groups is 1. The van der Waals surface area contributed by atoms with Gasteiger partial charge < -0.3 is 10.8 Å². The van der Waals surface area contributed by atoms with Crippen LogP contribution in [0.1, 0.15) is 18.9 Å². The number of nitrogen functional groups attached to an aromatic ring is 1. The van der Waals surface area contributed by atoms with Crippen molar-refractivity contribution in [1.82, 2.24) is 4.72 Å². The number of carbonyl (C=O) groups is 1. The van der Waals surface area contributed by atoms with Gasteiger partial charge in [-0.05, 0) is 36.2 Å². The maximum absolute atomic E-state index is 13.4. The Kier molecular flexibility index (Phi) is 8.53. The van der Waals surface area contributed by atoms with Crippen molar-refractivity contribution in [2.75, 3.05) is 12.3 Å². The second kappa shape index (κ2) is 11.4. The van der Waals surface area contributed by atoms with Crippen molar-refractivity contribution in [3.8, 4) is 22.6 Å². The van der Waals surface area contributed by atoms with Crippen LogP contribution in [-0.4, -0.2) is 46.0 Å². The van der Waals surface area contributed by atoms with Gasteiger partial charge in [0.15, 0.2) is 15.6 Å². The number of sulfonamides is 1. The van der Waals surface area contributed by atoms with Crippen molar-refractivity contribution in [2.45, 2.75) is 23.1 Å². The fourth-order valence-corrected chi connectivity index (χ4v) is 6.25. The Morgan fingerprint density at radius 2 is 1.73 bits per heavy atom. The van der Waals surface area contributed by atoms with Gasteiger partial charge in [-0.2, -0.15) is 0 Å². The van der Waals surface area contributed by atoms with Crippen LogP contribution in [0.4, 0.5) is 0 Å². The molecule has 13 heteroatoms. The van der Waals surface area contributed by atoms with Gasteiger partial charge in [0.05, 0.1) is 5.75 Å². The van der Waals surface area contributed by atoms with Gasteiger partial charge >= 0.3 is 5.97 Å². The van der Waals surface area contributed by atoms with E-state index in [-0.39, 0.29) is 35.0 Å². The summed E-state index contributed by atoms with van der Waals surface area (Å²) in [5, 5.41) is 17.4. The molecule has 196 valence electrons. The van der Waals surface area contributed by atoms with Crippen LogP contribution in [-0.2, 0) is 29.5 Å². The number of benzene rings is 3. The number of nitrogens with two attached hydrogens (primary N) is 1. The van der Waals surface area contributed by atoms with E-state index >= 15 is 0 Å². The molecule has 0 heterocycles. The normalized spacial score (nSPS) is 11.6. The van der Waals surface area contributed by atoms with E-state index in [9.17, 15) is 26.7 Å². The largest absolute Gasteiger partial charge is 0.507 e. The second-order valence-electron chi connectivity index (χ2n) is 7.82. The molecule has 0 saturated carbocycles. The molecule has 3 aromatic rings. The number of sulfone groups is 1. The predicted octanol–water partition coefficient (Wildman–Crippen LogP) is 2.34. The van der Waals surface area contributed by atoms with Gasteiger partial charge in [0, 0.05) is 24.6 Å². The molecule has 0 amide bonds. The first kappa shape index (κ1) is 27.6. The first-order valence-corrected chi connectivity index (χ1v) is 14.0. The molecular weight excluding hydrogens is 522 g/mol. The first-order valence-electron chi connectivity index (χ1n) is 10.9. The summed E-state index contributed by atoms with van der Waals surface area (Å²) in [5.74, 6) is -2.38. The van der Waals surface area contributed by atoms with Crippen molar-refractivity contribution in [3.05, 3.63) is 72.3 Å². The minimum Gasteiger partial charge on any atom is -0.507 e. The lowest BCUT2D eigenvalue weighted by Crippen LogP contribution is -2.27. The summed E-state index contributed by atoms with van der Waals surface area (Å²) in [6, 6.07) is 16.6. The zero-order valence-corrected chi connectivity index (χ0v) is 21.3. The Labute approximate surface area is 214 Å². The molecule has 0 saturated heterocycles. The van der Waals surface area contributed by atoms with Crippen molar-refractivity contribution < 1.29 is 36.5 Å². The van der Waals surface area contributed by atoms with E-state index in [1.54, 1.807) is 42.5 Å². The lowest BCUT2D eigenvalue weighted by atomic mass is 10.1. The van der Waals surface area contributed by atoms with Crippen LogP contribution in [0.2, 0.25) is 0 Å². The molecule has 0 aliphatic carbocycles. The Morgan fingerprint density at radius 3 is 2.38 bits per heavy atom. The molecule has 11 nitrogen and oxygen atoms in total. The standard InChI is InChI=1S/C24H25N3O8S2/c1-16(28)34-35-21-10-5-9-19(17-7-3-2-4-8-17)23(21)36(30,31)14-6-13-27-37(32,33)22-15-18(24(25)26)11-12-20(22)29/h2-5,7-12,15,27,29H,6,13-14H2,1H3,(H3,25,26). The minimum absolute atomic E-state index is 0.0959. The fraction of sp³-hybridized carbons (Fsp3) is 0.167. The van der Waals surface area contributed by atoms with E-state index in [1.165, 1.54) is 12.1 Å². The van der Waals surface area contributed by atoms with E-state index in [0.29, 0.717) is 11.1 Å². The predicted molar refractivity (Wildman–Crippen MR) is 135 cm³/mol. The molecule has 0 spiro atoms. The molecule has 37 heavy (non-hydrogen) atoms. The van der Waals surface area contributed by atoms with Crippen LogP contribution in [0.25, 0.3) is 11.1 Å². The lowest BCUT2D eigenvalue weighted by molar-refractivity contribution is -0.211. The molecule has 0 atom stereocenters. The summed E-state index contributed by atoms with van der Waals surface area (Å²) in [4.78, 5) is 20.1. The van der Waals surface area contributed by atoms with E-state index in [2.05, 4.69) is 9.61 Å². The van der Waals surface area contributed by atoms with Gasteiger partial charge in [-0.15, -0.1) is 0 Å². The SMILES string of the molecule is CC(=O)OOc1cccc(-c2ccccc2)c1S(=O)(=O)CCCNS(=O)(=O)c1cc(C(=N)N)ccc1O. The highest BCUT2D eigenvalue weighted by atomic mass is 32.2. The van der Waals surface area contributed by atoms with Crippen molar-refractivity contribution in [2.24, 2.45) is 5.73 Å². The molecule has 0 aliphatic heterocycles. The number of carbonyl (C=O) groups excluding carboxylic acids is 1. The maximum Gasteiger partial charge on any atom is 0.352 e. The Bertz CT molecular complexity index is 1520. The Hall–Kier alpha value is -3.94. The summed E-state index contributed by atoms with van der Waals surface area (Å²) in [6.45, 7) is 0.824. The maximum atomic E-state index is 13.4. The third-order valence-corrected chi connectivity index (χ3v) is 8.43. The van der Waals surface area contributed by atoms with Gasteiger partial charge in [-0.25, -0.2) is 26.4 Å². The molecule has 3 aromatic carbocycles. The summed E-state index contributed by atoms with van der Waals surface area (Å²) < 4.78 is 54.3. The topological polar surface area (TPSA) is 186 Å². The summed E-state index contributed by atoms with van der Waals surface area (Å²) in [7, 11) is -8.31. The second-order valence-corrected chi connectivity index (χ2v) is 11.6. The highest BCUT2D eigenvalue weighted by molar-refractivity contribution is 7.91. The third-order valence-electron chi connectivity index (χ3n) is 5.07. The van der Waals surface area contributed by atoms with Gasteiger partial charge in [0.1, 0.15) is 21.4 Å². The van der Waals surface area contributed by atoms with Crippen LogP contribution in [0.5, 0.6) is 11.5 Å². The quantitative estimate of drug-likeness (QED) is 0.0919. The van der Waals surface area contributed by atoms with E-state index in [0.717, 1.165) is 19.1 Å². The number of nitrogens with one attached hydrogen (secondary N) is 2. The number of hydrogen-bond acceptors (Lipinski definition) is 9. The van der Waals surface area contributed by atoms with Crippen molar-refractivity contribution in [3.63, 3.8) is 0 Å². The van der Waals surface area contributed by atoms with Crippen LogP contribution >= 0.6 is 0 Å². The highest BCUT2D eigenvalue weighted by Gasteiger charge is 2.26. The van der Waals surface area contributed by atoms with Gasteiger partial charge in [0.25, 0.3) is 0 Å². The average Bonchev–Trinajstić information content (AvgIpc) is 2.85. The molecule has 0 radical (unpaired) electrons. The van der Waals surface area contributed by atoms with E-state index in [4.69, 9.17) is 16.0 Å².